The minimum atomic E-state index is 0.198. The predicted octanol–water partition coefficient (Wildman–Crippen LogP) is 5.33. The molecule has 2 aliphatic rings. The van der Waals surface area contributed by atoms with Gasteiger partial charge in [0, 0.05) is 32.6 Å². The summed E-state index contributed by atoms with van der Waals surface area (Å²) in [6, 6.07) is 13.4. The first kappa shape index (κ1) is 29.5. The fourth-order valence-corrected chi connectivity index (χ4v) is 3.80. The van der Waals surface area contributed by atoms with Crippen molar-refractivity contribution in [1.82, 2.24) is 5.32 Å². The second-order valence-electron chi connectivity index (χ2n) is 8.79. The topological polar surface area (TPSA) is 86.3 Å². The molecule has 2 heterocycles. The van der Waals surface area contributed by atoms with Crippen molar-refractivity contribution in [2.45, 2.75) is 64.8 Å². The van der Waals surface area contributed by atoms with E-state index in [0.29, 0.717) is 38.4 Å². The molecule has 0 aliphatic carbocycles. The van der Waals surface area contributed by atoms with Crippen LogP contribution in [0, 0.1) is 0 Å². The van der Waals surface area contributed by atoms with Gasteiger partial charge in [0.15, 0.2) is 11.5 Å². The molecule has 0 bridgehead atoms. The number of ketones is 1. The Balaban J connectivity index is 0.000000195. The largest absolute Gasteiger partial charge is 0.508 e. The van der Waals surface area contributed by atoms with Gasteiger partial charge >= 0.3 is 0 Å². The minimum absolute atomic E-state index is 0.198. The Labute approximate surface area is 216 Å². The third kappa shape index (κ3) is 11.8. The molecule has 1 atom stereocenters. The highest BCUT2D eigenvalue weighted by Crippen LogP contribution is 2.31. The fraction of sp³-hybridized carbons (Fsp3) is 0.552. The second-order valence-corrected chi connectivity index (χ2v) is 8.79. The van der Waals surface area contributed by atoms with E-state index >= 15 is 0 Å². The van der Waals surface area contributed by atoms with Crippen LogP contribution in [0.3, 0.4) is 0 Å². The van der Waals surface area contributed by atoms with Gasteiger partial charge in [-0.3, -0.25) is 4.79 Å². The number of hydrogen-bond acceptors (Lipinski definition) is 7. The summed E-state index contributed by atoms with van der Waals surface area (Å²) in [6.45, 7) is 7.85. The maximum Gasteiger partial charge on any atom is 0.161 e. The first-order chi connectivity index (χ1) is 17.5. The second kappa shape index (κ2) is 17.6. The summed E-state index contributed by atoms with van der Waals surface area (Å²) in [6.07, 6.45) is 7.13. The molecular weight excluding hydrogens is 458 g/mol. The van der Waals surface area contributed by atoms with Crippen molar-refractivity contribution in [2.75, 3.05) is 40.1 Å². The van der Waals surface area contributed by atoms with Gasteiger partial charge in [-0.15, -0.1) is 0 Å². The van der Waals surface area contributed by atoms with E-state index in [2.05, 4.69) is 24.4 Å². The van der Waals surface area contributed by atoms with Gasteiger partial charge in [0.05, 0.1) is 6.61 Å². The Morgan fingerprint density at radius 1 is 1.06 bits per heavy atom. The average Bonchev–Trinajstić information content (AvgIpc) is 3.43. The van der Waals surface area contributed by atoms with E-state index in [0.717, 1.165) is 30.6 Å². The van der Waals surface area contributed by atoms with Crippen LogP contribution >= 0.6 is 0 Å². The number of ether oxygens (including phenoxy) is 4. The minimum Gasteiger partial charge on any atom is -0.508 e. The van der Waals surface area contributed by atoms with Crippen LogP contribution in [0.5, 0.6) is 23.0 Å². The molecule has 7 nitrogen and oxygen atoms in total. The molecule has 4 rings (SSSR count). The summed E-state index contributed by atoms with van der Waals surface area (Å²) >= 11 is 0. The number of hydrogen-bond donors (Lipinski definition) is 2. The number of aromatic hydroxyl groups is 1. The molecule has 2 N–H and O–H groups in total. The first-order valence-electron chi connectivity index (χ1n) is 13.1. The predicted molar refractivity (Wildman–Crippen MR) is 142 cm³/mol. The molecule has 2 aliphatic heterocycles. The van der Waals surface area contributed by atoms with Gasteiger partial charge in [0.25, 0.3) is 0 Å². The number of aryl methyl sites for hydroxylation is 1. The zero-order valence-corrected chi connectivity index (χ0v) is 22.1. The number of carbonyl (C=O) groups excluding carboxylic acids is 1. The standard InChI is InChI=1S/C11H14O3.C11H14O2.C7H15NO/c1-2-9(12)7-8-14-11-5-3-10(13)4-6-11;1-2-3-9-4-5-10-11(8-9)13-7-6-12-10;1-9-6-4-7-3-2-5-8-7/h3-6,13H,2,7-8H2,1H3;4-5,8H,2-3,6-7H2,1H3;7-8H,2-6H2,1H3. The normalized spacial score (nSPS) is 15.7. The van der Waals surface area contributed by atoms with Crippen molar-refractivity contribution >= 4 is 5.78 Å². The maximum absolute atomic E-state index is 10.9. The molecule has 200 valence electrons. The van der Waals surface area contributed by atoms with E-state index in [-0.39, 0.29) is 11.5 Å². The molecule has 1 fully saturated rings. The first-order valence-corrected chi connectivity index (χ1v) is 13.1. The van der Waals surface area contributed by atoms with E-state index in [1.54, 1.807) is 31.4 Å². The van der Waals surface area contributed by atoms with E-state index < -0.39 is 0 Å². The Morgan fingerprint density at radius 2 is 1.81 bits per heavy atom. The molecular formula is C29H43NO6. The van der Waals surface area contributed by atoms with Crippen molar-refractivity contribution in [1.29, 1.82) is 0 Å². The Hall–Kier alpha value is -2.77. The number of nitrogens with one attached hydrogen (secondary N) is 1. The van der Waals surface area contributed by atoms with Crippen LogP contribution in [-0.4, -0.2) is 57.0 Å². The lowest BCUT2D eigenvalue weighted by molar-refractivity contribution is -0.119. The molecule has 1 unspecified atom stereocenters. The third-order valence-corrected chi connectivity index (χ3v) is 5.86. The number of methoxy groups -OCH3 is 1. The van der Waals surface area contributed by atoms with Gasteiger partial charge in [-0.05, 0) is 74.2 Å². The van der Waals surface area contributed by atoms with Gasteiger partial charge in [-0.2, -0.15) is 0 Å². The third-order valence-electron chi connectivity index (χ3n) is 5.86. The van der Waals surface area contributed by atoms with Crippen molar-refractivity contribution in [3.63, 3.8) is 0 Å². The Kier molecular flexibility index (Phi) is 14.4. The summed E-state index contributed by atoms with van der Waals surface area (Å²) in [7, 11) is 1.76. The quantitative estimate of drug-likeness (QED) is 0.455. The van der Waals surface area contributed by atoms with E-state index in [1.807, 2.05) is 13.0 Å². The molecule has 36 heavy (non-hydrogen) atoms. The number of carbonyl (C=O) groups is 1. The summed E-state index contributed by atoms with van der Waals surface area (Å²) in [5.74, 6) is 2.86. The summed E-state index contributed by atoms with van der Waals surface area (Å²) in [5.41, 5.74) is 1.33. The van der Waals surface area contributed by atoms with Crippen LogP contribution in [-0.2, 0) is 16.0 Å². The smallest absolute Gasteiger partial charge is 0.161 e. The van der Waals surface area contributed by atoms with E-state index in [1.165, 1.54) is 37.8 Å². The summed E-state index contributed by atoms with van der Waals surface area (Å²) in [4.78, 5) is 10.9. The highest BCUT2D eigenvalue weighted by Gasteiger charge is 2.12. The number of benzene rings is 2. The van der Waals surface area contributed by atoms with Gasteiger partial charge in [-0.1, -0.05) is 26.3 Å². The number of Topliss-reactive ketones (excluding diaryl/α,β-unsaturated/α-hetero) is 1. The maximum atomic E-state index is 10.9. The molecule has 2 aromatic rings. The monoisotopic (exact) mass is 501 g/mol. The SMILES string of the molecule is CCC(=O)CCOc1ccc(O)cc1.CCCc1ccc2c(c1)OCCO2.COCCC1CCCN1. The van der Waals surface area contributed by atoms with Crippen LogP contribution < -0.4 is 19.5 Å². The lowest BCUT2D eigenvalue weighted by Crippen LogP contribution is -2.22. The highest BCUT2D eigenvalue weighted by atomic mass is 16.6. The Bertz CT molecular complexity index is 865. The summed E-state index contributed by atoms with van der Waals surface area (Å²) < 4.78 is 21.2. The lowest BCUT2D eigenvalue weighted by atomic mass is 10.1. The average molecular weight is 502 g/mol. The van der Waals surface area contributed by atoms with Crippen LogP contribution in [0.1, 0.15) is 57.9 Å². The molecule has 7 heteroatoms. The van der Waals surface area contributed by atoms with Gasteiger partial charge in [0.1, 0.15) is 30.5 Å². The molecule has 0 aromatic heterocycles. The van der Waals surface area contributed by atoms with Gasteiger partial charge in [0.2, 0.25) is 0 Å². The Morgan fingerprint density at radius 3 is 2.44 bits per heavy atom. The van der Waals surface area contributed by atoms with Crippen LogP contribution in [0.15, 0.2) is 42.5 Å². The van der Waals surface area contributed by atoms with Crippen molar-refractivity contribution in [3.05, 3.63) is 48.0 Å². The lowest BCUT2D eigenvalue weighted by Gasteiger charge is -2.18. The van der Waals surface area contributed by atoms with Crippen LogP contribution in [0.2, 0.25) is 0 Å². The molecule has 2 aromatic carbocycles. The highest BCUT2D eigenvalue weighted by molar-refractivity contribution is 5.78. The number of phenolic OH excluding ortho intramolecular Hbond substituents is 1. The number of fused-ring (bicyclic) bond motifs is 1. The molecule has 0 amide bonds. The molecule has 1 saturated heterocycles. The number of phenols is 1. The van der Waals surface area contributed by atoms with E-state index in [9.17, 15) is 4.79 Å². The fourth-order valence-electron chi connectivity index (χ4n) is 3.80. The molecule has 0 radical (unpaired) electrons. The van der Waals surface area contributed by atoms with Crippen molar-refractivity contribution in [3.8, 4) is 23.0 Å². The molecule has 0 spiro atoms. The van der Waals surface area contributed by atoms with Gasteiger partial charge in [-0.25, -0.2) is 0 Å². The van der Waals surface area contributed by atoms with Crippen molar-refractivity contribution < 1.29 is 28.8 Å². The zero-order chi connectivity index (χ0) is 26.0. The number of rotatable bonds is 10. The van der Waals surface area contributed by atoms with E-state index in [4.69, 9.17) is 24.1 Å². The van der Waals surface area contributed by atoms with Crippen molar-refractivity contribution in [2.24, 2.45) is 0 Å². The zero-order valence-electron chi connectivity index (χ0n) is 22.1. The van der Waals surface area contributed by atoms with Crippen LogP contribution in [0.25, 0.3) is 0 Å². The summed E-state index contributed by atoms with van der Waals surface area (Å²) in [5, 5.41) is 12.4. The molecule has 0 saturated carbocycles. The van der Waals surface area contributed by atoms with Crippen LogP contribution in [0.4, 0.5) is 0 Å². The van der Waals surface area contributed by atoms with Gasteiger partial charge < -0.3 is 29.4 Å².